The van der Waals surface area contributed by atoms with Gasteiger partial charge in [-0.2, -0.15) is 0 Å². The summed E-state index contributed by atoms with van der Waals surface area (Å²) in [5, 5.41) is 7.73. The Morgan fingerprint density at radius 2 is 2.33 bits per heavy atom. The molecule has 2 aromatic heterocycles. The van der Waals surface area contributed by atoms with Crippen molar-refractivity contribution in [2.75, 3.05) is 0 Å². The molecule has 12 heavy (non-hydrogen) atoms. The van der Waals surface area contributed by atoms with Crippen LogP contribution in [-0.4, -0.2) is 20.9 Å². The molecule has 0 amide bonds. The van der Waals surface area contributed by atoms with Gasteiger partial charge in [-0.1, -0.05) is 0 Å². The molecule has 0 atom stereocenters. The van der Waals surface area contributed by atoms with E-state index >= 15 is 0 Å². The van der Waals surface area contributed by atoms with Crippen molar-refractivity contribution in [1.82, 2.24) is 14.6 Å². The zero-order valence-corrected chi connectivity index (χ0v) is 6.56. The molecule has 0 aliphatic heterocycles. The van der Waals surface area contributed by atoms with E-state index in [1.54, 1.807) is 16.5 Å². The third-order valence-electron chi connectivity index (χ3n) is 1.76. The van der Waals surface area contributed by atoms with Crippen molar-refractivity contribution in [3.63, 3.8) is 0 Å². The number of aromatic nitrogens is 3. The Balaban J connectivity index is 2.89. The smallest absolute Gasteiger partial charge is 0.171 e. The topological polar surface area (TPSA) is 47.3 Å². The highest BCUT2D eigenvalue weighted by Gasteiger charge is 2.03. The Morgan fingerprint density at radius 3 is 3.08 bits per heavy atom. The molecule has 2 rings (SSSR count). The molecule has 0 unspecified atom stereocenters. The van der Waals surface area contributed by atoms with Crippen LogP contribution in [0, 0.1) is 6.92 Å². The number of hydrogen-bond acceptors (Lipinski definition) is 3. The number of nitrogens with zero attached hydrogens (tertiary/aromatic N) is 3. The zero-order valence-electron chi connectivity index (χ0n) is 6.56. The number of aryl methyl sites for hydroxylation is 1. The minimum atomic E-state index is 0.568. The Morgan fingerprint density at radius 1 is 1.50 bits per heavy atom. The van der Waals surface area contributed by atoms with E-state index in [2.05, 4.69) is 10.2 Å². The molecule has 4 nitrogen and oxygen atoms in total. The summed E-state index contributed by atoms with van der Waals surface area (Å²) in [4.78, 5) is 10.5. The van der Waals surface area contributed by atoms with Crippen molar-refractivity contribution in [1.29, 1.82) is 0 Å². The highest BCUT2D eigenvalue weighted by Crippen LogP contribution is 2.06. The summed E-state index contributed by atoms with van der Waals surface area (Å²) < 4.78 is 1.78. The fourth-order valence-electron chi connectivity index (χ4n) is 1.14. The minimum Gasteiger partial charge on any atom is -0.298 e. The van der Waals surface area contributed by atoms with Gasteiger partial charge in [0.25, 0.3) is 0 Å². The number of rotatable bonds is 1. The average molecular weight is 161 g/mol. The predicted octanol–water partition coefficient (Wildman–Crippen LogP) is 0.850. The van der Waals surface area contributed by atoms with Crippen molar-refractivity contribution in [2.24, 2.45) is 0 Å². The van der Waals surface area contributed by atoms with E-state index in [0.29, 0.717) is 11.2 Å². The first-order valence-electron chi connectivity index (χ1n) is 3.58. The molecule has 0 radical (unpaired) electrons. The SMILES string of the molecule is Cc1nnc2c(C=O)cccn12. The first kappa shape index (κ1) is 6.97. The van der Waals surface area contributed by atoms with Gasteiger partial charge in [-0.3, -0.25) is 9.20 Å². The molecule has 0 spiro atoms. The summed E-state index contributed by atoms with van der Waals surface area (Å²) >= 11 is 0. The molecule has 0 fully saturated rings. The second-order valence-corrected chi connectivity index (χ2v) is 2.52. The summed E-state index contributed by atoms with van der Waals surface area (Å²) in [5.41, 5.74) is 1.18. The van der Waals surface area contributed by atoms with Crippen LogP contribution in [-0.2, 0) is 0 Å². The van der Waals surface area contributed by atoms with Crippen LogP contribution < -0.4 is 0 Å². The lowest BCUT2D eigenvalue weighted by molar-refractivity contribution is 0.112. The molecule has 0 saturated heterocycles. The second-order valence-electron chi connectivity index (χ2n) is 2.52. The van der Waals surface area contributed by atoms with Crippen molar-refractivity contribution >= 4 is 11.9 Å². The summed E-state index contributed by atoms with van der Waals surface area (Å²) in [6.45, 7) is 1.84. The van der Waals surface area contributed by atoms with Gasteiger partial charge in [-0.25, -0.2) is 0 Å². The van der Waals surface area contributed by atoms with Crippen LogP contribution in [0.4, 0.5) is 0 Å². The lowest BCUT2D eigenvalue weighted by atomic mass is 10.3. The van der Waals surface area contributed by atoms with Gasteiger partial charge in [0.05, 0.1) is 5.56 Å². The number of pyridine rings is 1. The first-order chi connectivity index (χ1) is 5.83. The van der Waals surface area contributed by atoms with Crippen LogP contribution in [0.15, 0.2) is 18.3 Å². The first-order valence-corrected chi connectivity index (χ1v) is 3.58. The third kappa shape index (κ3) is 0.812. The molecule has 60 valence electrons. The Bertz CT molecular complexity index is 433. The molecule has 2 heterocycles. The Kier molecular flexibility index (Phi) is 1.40. The monoisotopic (exact) mass is 161 g/mol. The fraction of sp³-hybridized carbons (Fsp3) is 0.125. The number of hydrogen-bond donors (Lipinski definition) is 0. The lowest BCUT2D eigenvalue weighted by Gasteiger charge is -1.94. The second kappa shape index (κ2) is 2.41. The average Bonchev–Trinajstić information content (AvgIpc) is 2.48. The van der Waals surface area contributed by atoms with Crippen LogP contribution >= 0.6 is 0 Å². The van der Waals surface area contributed by atoms with Gasteiger partial charge in [-0.05, 0) is 19.1 Å². The Labute approximate surface area is 68.8 Å². The van der Waals surface area contributed by atoms with Gasteiger partial charge in [0, 0.05) is 6.20 Å². The number of carbonyl (C=O) groups excluding carboxylic acids is 1. The maximum Gasteiger partial charge on any atom is 0.171 e. The normalized spacial score (nSPS) is 10.4. The lowest BCUT2D eigenvalue weighted by Crippen LogP contribution is -1.91. The molecule has 4 heteroatoms. The maximum absolute atomic E-state index is 10.5. The summed E-state index contributed by atoms with van der Waals surface area (Å²) in [6, 6.07) is 3.52. The zero-order chi connectivity index (χ0) is 8.55. The van der Waals surface area contributed by atoms with Crippen LogP contribution in [0.25, 0.3) is 5.65 Å². The van der Waals surface area contributed by atoms with Gasteiger partial charge >= 0.3 is 0 Å². The van der Waals surface area contributed by atoms with Crippen molar-refractivity contribution in [3.8, 4) is 0 Å². The van der Waals surface area contributed by atoms with Gasteiger partial charge in [0.2, 0.25) is 0 Å². The highest BCUT2D eigenvalue weighted by atomic mass is 16.1. The van der Waals surface area contributed by atoms with Crippen molar-refractivity contribution < 1.29 is 4.79 Å². The molecule has 0 aromatic carbocycles. The van der Waals surface area contributed by atoms with E-state index in [1.807, 2.05) is 13.1 Å². The van der Waals surface area contributed by atoms with Gasteiger partial charge in [0.1, 0.15) is 5.82 Å². The van der Waals surface area contributed by atoms with E-state index in [0.717, 1.165) is 12.1 Å². The number of aldehydes is 1. The summed E-state index contributed by atoms with van der Waals surface area (Å²) in [5.74, 6) is 0.786. The van der Waals surface area contributed by atoms with Crippen LogP contribution in [0.2, 0.25) is 0 Å². The van der Waals surface area contributed by atoms with E-state index in [4.69, 9.17) is 0 Å². The van der Waals surface area contributed by atoms with Crippen LogP contribution in [0.5, 0.6) is 0 Å². The molecular weight excluding hydrogens is 154 g/mol. The third-order valence-corrected chi connectivity index (χ3v) is 1.76. The van der Waals surface area contributed by atoms with Gasteiger partial charge < -0.3 is 0 Å². The maximum atomic E-state index is 10.5. The molecule has 0 N–H and O–H groups in total. The molecule has 0 aliphatic carbocycles. The van der Waals surface area contributed by atoms with Crippen LogP contribution in [0.3, 0.4) is 0 Å². The summed E-state index contributed by atoms with van der Waals surface area (Å²) in [7, 11) is 0. The fourth-order valence-corrected chi connectivity index (χ4v) is 1.14. The Hall–Kier alpha value is -1.71. The van der Waals surface area contributed by atoms with Crippen molar-refractivity contribution in [3.05, 3.63) is 29.7 Å². The molecule has 0 bridgehead atoms. The van der Waals surface area contributed by atoms with Gasteiger partial charge in [-0.15, -0.1) is 10.2 Å². The molecule has 0 saturated carbocycles. The van der Waals surface area contributed by atoms with E-state index in [1.165, 1.54) is 0 Å². The molecule has 0 aliphatic rings. The largest absolute Gasteiger partial charge is 0.298 e. The van der Waals surface area contributed by atoms with E-state index < -0.39 is 0 Å². The van der Waals surface area contributed by atoms with E-state index in [9.17, 15) is 4.79 Å². The quantitative estimate of drug-likeness (QED) is 0.582. The molecule has 2 aromatic rings. The van der Waals surface area contributed by atoms with Crippen LogP contribution in [0.1, 0.15) is 16.2 Å². The van der Waals surface area contributed by atoms with E-state index in [-0.39, 0.29) is 0 Å². The van der Waals surface area contributed by atoms with Gasteiger partial charge in [0.15, 0.2) is 11.9 Å². The van der Waals surface area contributed by atoms with Crippen molar-refractivity contribution in [2.45, 2.75) is 6.92 Å². The predicted molar refractivity (Wildman–Crippen MR) is 43.1 cm³/mol. The minimum absolute atomic E-state index is 0.568. The standard InChI is InChI=1S/C8H7N3O/c1-6-9-10-8-7(5-12)3-2-4-11(6)8/h2-5H,1H3. The number of fused-ring (bicyclic) bond motifs is 1. The highest BCUT2D eigenvalue weighted by molar-refractivity contribution is 5.83. The molecular formula is C8H7N3O. The number of carbonyl (C=O) groups is 1. The summed E-state index contributed by atoms with van der Waals surface area (Å²) in [6.07, 6.45) is 2.61.